The largest absolute Gasteiger partial charge is 0.416 e. The van der Waals surface area contributed by atoms with Gasteiger partial charge in [-0.3, -0.25) is 0 Å². The van der Waals surface area contributed by atoms with Crippen LogP contribution in [-0.2, 0) is 6.18 Å². The van der Waals surface area contributed by atoms with Crippen LogP contribution in [0.3, 0.4) is 0 Å². The SMILES string of the molecule is CCCN(CCC)c1c(C)cc(C(F)(F)F)cc1C. The maximum absolute atomic E-state index is 12.8. The van der Waals surface area contributed by atoms with Crippen molar-refractivity contribution >= 4 is 5.69 Å². The summed E-state index contributed by atoms with van der Waals surface area (Å²) in [7, 11) is 0. The number of anilines is 1. The summed E-state index contributed by atoms with van der Waals surface area (Å²) in [5, 5.41) is 0. The Morgan fingerprint density at radius 3 is 1.68 bits per heavy atom. The van der Waals surface area contributed by atoms with E-state index in [9.17, 15) is 13.2 Å². The molecule has 4 heteroatoms. The Hall–Kier alpha value is -1.19. The minimum Gasteiger partial charge on any atom is -0.371 e. The molecule has 1 aromatic carbocycles. The van der Waals surface area contributed by atoms with E-state index in [4.69, 9.17) is 0 Å². The third-order valence-corrected chi connectivity index (χ3v) is 3.12. The first-order valence-electron chi connectivity index (χ1n) is 6.74. The van der Waals surface area contributed by atoms with Crippen molar-refractivity contribution in [3.8, 4) is 0 Å². The minimum absolute atomic E-state index is 0.556. The lowest BCUT2D eigenvalue weighted by atomic mass is 10.0. The summed E-state index contributed by atoms with van der Waals surface area (Å²) in [6.07, 6.45) is -2.30. The molecule has 1 nitrogen and oxygen atoms in total. The van der Waals surface area contributed by atoms with Gasteiger partial charge in [0.2, 0.25) is 0 Å². The molecule has 0 aromatic heterocycles. The molecule has 0 unspecified atom stereocenters. The highest BCUT2D eigenvalue weighted by molar-refractivity contribution is 5.60. The van der Waals surface area contributed by atoms with Gasteiger partial charge in [-0.15, -0.1) is 0 Å². The highest BCUT2D eigenvalue weighted by Gasteiger charge is 2.31. The predicted octanol–water partition coefficient (Wildman–Crippen LogP) is 4.95. The molecule has 0 saturated heterocycles. The molecule has 1 aromatic rings. The zero-order valence-corrected chi connectivity index (χ0v) is 12.1. The van der Waals surface area contributed by atoms with Gasteiger partial charge in [0.15, 0.2) is 0 Å². The van der Waals surface area contributed by atoms with E-state index in [-0.39, 0.29) is 0 Å². The fourth-order valence-electron chi connectivity index (χ4n) is 2.49. The second kappa shape index (κ2) is 6.31. The average molecular weight is 273 g/mol. The summed E-state index contributed by atoms with van der Waals surface area (Å²) >= 11 is 0. The summed E-state index contributed by atoms with van der Waals surface area (Å²) in [4.78, 5) is 2.19. The second-order valence-electron chi connectivity index (χ2n) is 4.94. The molecule has 0 saturated carbocycles. The van der Waals surface area contributed by atoms with Crippen LogP contribution in [-0.4, -0.2) is 13.1 Å². The van der Waals surface area contributed by atoms with E-state index in [0.717, 1.165) is 31.6 Å². The fraction of sp³-hybridized carbons (Fsp3) is 0.600. The Kier molecular flexibility index (Phi) is 5.27. The third-order valence-electron chi connectivity index (χ3n) is 3.12. The Labute approximate surface area is 113 Å². The molecule has 0 aliphatic carbocycles. The van der Waals surface area contributed by atoms with Crippen LogP contribution in [0.4, 0.5) is 18.9 Å². The lowest BCUT2D eigenvalue weighted by molar-refractivity contribution is -0.137. The van der Waals surface area contributed by atoms with Crippen molar-refractivity contribution < 1.29 is 13.2 Å². The molecule has 0 radical (unpaired) electrons. The second-order valence-corrected chi connectivity index (χ2v) is 4.94. The van der Waals surface area contributed by atoms with Crippen molar-refractivity contribution in [2.24, 2.45) is 0 Å². The van der Waals surface area contributed by atoms with Crippen LogP contribution in [0.5, 0.6) is 0 Å². The first kappa shape index (κ1) is 15.9. The van der Waals surface area contributed by atoms with E-state index < -0.39 is 11.7 Å². The Balaban J connectivity index is 3.21. The molecule has 1 rings (SSSR count). The number of rotatable bonds is 5. The smallest absolute Gasteiger partial charge is 0.371 e. The van der Waals surface area contributed by atoms with Crippen LogP contribution in [0.2, 0.25) is 0 Å². The summed E-state index contributed by atoms with van der Waals surface area (Å²) in [5.74, 6) is 0. The number of nitrogens with zero attached hydrogens (tertiary/aromatic N) is 1. The van der Waals surface area contributed by atoms with Crippen LogP contribution in [0, 0.1) is 13.8 Å². The Bertz CT molecular complexity index is 395. The molecule has 108 valence electrons. The van der Waals surface area contributed by atoms with E-state index in [1.165, 1.54) is 12.1 Å². The van der Waals surface area contributed by atoms with Crippen LogP contribution in [0.15, 0.2) is 12.1 Å². The number of aryl methyl sites for hydroxylation is 2. The summed E-state index contributed by atoms with van der Waals surface area (Å²) < 4.78 is 38.3. The summed E-state index contributed by atoms with van der Waals surface area (Å²) in [6, 6.07) is 2.50. The van der Waals surface area contributed by atoms with Gasteiger partial charge in [0.1, 0.15) is 0 Å². The quantitative estimate of drug-likeness (QED) is 0.733. The van der Waals surface area contributed by atoms with Crippen molar-refractivity contribution in [2.45, 2.75) is 46.7 Å². The Morgan fingerprint density at radius 2 is 1.37 bits per heavy atom. The van der Waals surface area contributed by atoms with E-state index in [1.54, 1.807) is 13.8 Å². The van der Waals surface area contributed by atoms with Gasteiger partial charge in [-0.25, -0.2) is 0 Å². The van der Waals surface area contributed by atoms with Crippen molar-refractivity contribution in [2.75, 3.05) is 18.0 Å². The molecule has 0 amide bonds. The maximum Gasteiger partial charge on any atom is 0.416 e. The van der Waals surface area contributed by atoms with Gasteiger partial charge in [0.25, 0.3) is 0 Å². The van der Waals surface area contributed by atoms with Crippen molar-refractivity contribution in [3.05, 3.63) is 28.8 Å². The van der Waals surface area contributed by atoms with Gasteiger partial charge in [-0.1, -0.05) is 13.8 Å². The first-order chi connectivity index (χ1) is 8.81. The highest BCUT2D eigenvalue weighted by atomic mass is 19.4. The Morgan fingerprint density at radius 1 is 0.947 bits per heavy atom. The van der Waals surface area contributed by atoms with E-state index >= 15 is 0 Å². The van der Waals surface area contributed by atoms with Crippen LogP contribution in [0.25, 0.3) is 0 Å². The van der Waals surface area contributed by atoms with Crippen LogP contribution < -0.4 is 4.90 Å². The van der Waals surface area contributed by atoms with E-state index in [2.05, 4.69) is 18.7 Å². The summed E-state index contributed by atoms with van der Waals surface area (Å²) in [6.45, 7) is 9.43. The molecule has 0 aliphatic heterocycles. The van der Waals surface area contributed by atoms with Gasteiger partial charge >= 0.3 is 6.18 Å². The van der Waals surface area contributed by atoms with Gasteiger partial charge < -0.3 is 4.90 Å². The van der Waals surface area contributed by atoms with Gasteiger partial charge in [0.05, 0.1) is 5.56 Å². The maximum atomic E-state index is 12.8. The fourth-order valence-corrected chi connectivity index (χ4v) is 2.49. The molecule has 0 aliphatic rings. The van der Waals surface area contributed by atoms with Crippen LogP contribution in [0.1, 0.15) is 43.4 Å². The zero-order valence-electron chi connectivity index (χ0n) is 12.1. The van der Waals surface area contributed by atoms with Crippen molar-refractivity contribution in [3.63, 3.8) is 0 Å². The average Bonchev–Trinajstić information content (AvgIpc) is 2.27. The monoisotopic (exact) mass is 273 g/mol. The third kappa shape index (κ3) is 3.88. The topological polar surface area (TPSA) is 3.24 Å². The molecule has 0 N–H and O–H groups in total. The van der Waals surface area contributed by atoms with Crippen molar-refractivity contribution in [1.82, 2.24) is 0 Å². The number of hydrogen-bond acceptors (Lipinski definition) is 1. The predicted molar refractivity (Wildman–Crippen MR) is 73.7 cm³/mol. The lowest BCUT2D eigenvalue weighted by Gasteiger charge is -2.28. The molecule has 0 heterocycles. The lowest BCUT2D eigenvalue weighted by Crippen LogP contribution is -2.26. The highest BCUT2D eigenvalue weighted by Crippen LogP contribution is 2.35. The van der Waals surface area contributed by atoms with Gasteiger partial charge in [-0.05, 0) is 49.9 Å². The molecule has 0 fully saturated rings. The van der Waals surface area contributed by atoms with E-state index in [0.29, 0.717) is 11.1 Å². The number of halogens is 3. The van der Waals surface area contributed by atoms with E-state index in [1.807, 2.05) is 0 Å². The van der Waals surface area contributed by atoms with Gasteiger partial charge in [0, 0.05) is 18.8 Å². The molecular weight excluding hydrogens is 251 g/mol. The summed E-state index contributed by atoms with van der Waals surface area (Å²) in [5.41, 5.74) is 1.80. The van der Waals surface area contributed by atoms with Crippen LogP contribution >= 0.6 is 0 Å². The zero-order chi connectivity index (χ0) is 14.6. The van der Waals surface area contributed by atoms with Gasteiger partial charge in [-0.2, -0.15) is 13.2 Å². The number of alkyl halides is 3. The molecule has 0 spiro atoms. The molecule has 0 atom stereocenters. The van der Waals surface area contributed by atoms with Crippen molar-refractivity contribution in [1.29, 1.82) is 0 Å². The normalized spacial score (nSPS) is 11.7. The first-order valence-corrected chi connectivity index (χ1v) is 6.74. The molecular formula is C15H22F3N. The molecule has 0 bridgehead atoms. The molecule has 19 heavy (non-hydrogen) atoms. The number of hydrogen-bond donors (Lipinski definition) is 0. The standard InChI is InChI=1S/C15H22F3N/c1-5-7-19(8-6-2)14-11(3)9-13(10-12(14)4)15(16,17)18/h9-10H,5-8H2,1-4H3. The number of benzene rings is 1. The minimum atomic E-state index is -4.27.